The Morgan fingerprint density at radius 1 is 0.969 bits per heavy atom. The van der Waals surface area contributed by atoms with Crippen LogP contribution in [0.4, 0.5) is 16.2 Å². The van der Waals surface area contributed by atoms with Crippen molar-refractivity contribution in [1.29, 1.82) is 0 Å². The molecule has 0 aliphatic heterocycles. The van der Waals surface area contributed by atoms with Crippen molar-refractivity contribution in [3.63, 3.8) is 0 Å². The number of hydrogen-bond acceptors (Lipinski definition) is 7. The largest absolute Gasteiger partial charge is 0.493 e. The van der Waals surface area contributed by atoms with Crippen LogP contribution in [0.1, 0.15) is 16.7 Å². The maximum atomic E-state index is 13.8. The van der Waals surface area contributed by atoms with E-state index in [4.69, 9.17) is 15.2 Å². The van der Waals surface area contributed by atoms with Crippen LogP contribution in [-0.2, 0) is 12.8 Å². The quantitative estimate of drug-likeness (QED) is 0.433. The highest BCUT2D eigenvalue weighted by Crippen LogP contribution is 2.30. The summed E-state index contributed by atoms with van der Waals surface area (Å²) in [5.41, 5.74) is 9.40. The fraction of sp³-hybridized carbons (Fsp3) is 0.208. The Morgan fingerprint density at radius 2 is 1.78 bits per heavy atom. The lowest BCUT2D eigenvalue weighted by molar-refractivity contribution is 0.354. The molecule has 0 aliphatic rings. The molecule has 0 unspecified atom stereocenters. The third-order valence-corrected chi connectivity index (χ3v) is 5.19. The van der Waals surface area contributed by atoms with Gasteiger partial charge in [-0.1, -0.05) is 24.3 Å². The van der Waals surface area contributed by atoms with E-state index < -0.39 is 0 Å². The lowest BCUT2D eigenvalue weighted by atomic mass is 10.0. The number of anilines is 2. The molecule has 0 spiro atoms. The first-order chi connectivity index (χ1) is 15.6. The molecule has 0 atom stereocenters. The van der Waals surface area contributed by atoms with E-state index in [1.165, 1.54) is 6.07 Å². The second-order valence-corrected chi connectivity index (χ2v) is 7.24. The average Bonchev–Trinajstić information content (AvgIpc) is 2.80. The zero-order chi connectivity index (χ0) is 22.5. The molecule has 4 aromatic rings. The van der Waals surface area contributed by atoms with Crippen molar-refractivity contribution >= 4 is 22.8 Å². The number of nitrogen functional groups attached to an aromatic ring is 1. The van der Waals surface area contributed by atoms with Crippen molar-refractivity contribution < 1.29 is 13.9 Å². The highest BCUT2D eigenvalue weighted by Gasteiger charge is 2.13. The van der Waals surface area contributed by atoms with Crippen LogP contribution >= 0.6 is 0 Å². The van der Waals surface area contributed by atoms with Crippen molar-refractivity contribution in [2.75, 3.05) is 31.8 Å². The lowest BCUT2D eigenvalue weighted by Gasteiger charge is -2.12. The first-order valence-corrected chi connectivity index (χ1v) is 10.2. The van der Waals surface area contributed by atoms with Gasteiger partial charge in [-0.15, -0.1) is 0 Å². The highest BCUT2D eigenvalue weighted by atomic mass is 19.1. The molecule has 2 heterocycles. The number of ether oxygens (including phenoxy) is 2. The number of methoxy groups -OCH3 is 2. The molecule has 32 heavy (non-hydrogen) atoms. The van der Waals surface area contributed by atoms with Crippen LogP contribution in [0.15, 0.2) is 54.7 Å². The molecule has 8 heteroatoms. The first-order valence-electron chi connectivity index (χ1n) is 10.2. The second-order valence-electron chi connectivity index (χ2n) is 7.24. The van der Waals surface area contributed by atoms with Gasteiger partial charge < -0.3 is 20.5 Å². The van der Waals surface area contributed by atoms with Gasteiger partial charge in [-0.2, -0.15) is 9.97 Å². The van der Waals surface area contributed by atoms with Crippen LogP contribution in [0.5, 0.6) is 11.5 Å². The van der Waals surface area contributed by atoms with Crippen LogP contribution in [0.3, 0.4) is 0 Å². The molecule has 0 amide bonds. The van der Waals surface area contributed by atoms with Gasteiger partial charge in [0.15, 0.2) is 17.1 Å². The predicted octanol–water partition coefficient (Wildman–Crippen LogP) is 4.01. The van der Waals surface area contributed by atoms with E-state index in [0.717, 1.165) is 11.1 Å². The summed E-state index contributed by atoms with van der Waals surface area (Å²) in [5, 5.41) is 3.82. The number of nitrogens with two attached hydrogens (primary N) is 1. The third kappa shape index (κ3) is 4.54. The van der Waals surface area contributed by atoms with Gasteiger partial charge >= 0.3 is 0 Å². The number of pyridine rings is 1. The van der Waals surface area contributed by atoms with E-state index in [1.807, 2.05) is 30.3 Å². The summed E-state index contributed by atoms with van der Waals surface area (Å²) >= 11 is 0. The van der Waals surface area contributed by atoms with Gasteiger partial charge in [-0.25, -0.2) is 9.37 Å². The van der Waals surface area contributed by atoms with Crippen molar-refractivity contribution in [1.82, 2.24) is 15.0 Å². The Bertz CT molecular complexity index is 1250. The Kier molecular flexibility index (Phi) is 6.30. The fourth-order valence-corrected chi connectivity index (χ4v) is 3.60. The molecule has 0 aliphatic carbocycles. The van der Waals surface area contributed by atoms with Gasteiger partial charge in [0.2, 0.25) is 5.95 Å². The maximum Gasteiger partial charge on any atom is 0.226 e. The van der Waals surface area contributed by atoms with Crippen molar-refractivity contribution in [3.05, 3.63) is 77.2 Å². The Balaban J connectivity index is 1.55. The van der Waals surface area contributed by atoms with Crippen LogP contribution in [0, 0.1) is 5.82 Å². The van der Waals surface area contributed by atoms with Gasteiger partial charge in [0.25, 0.3) is 0 Å². The van der Waals surface area contributed by atoms with Crippen molar-refractivity contribution in [2.45, 2.75) is 12.8 Å². The number of benzene rings is 2. The molecule has 2 aromatic carbocycles. The number of fused-ring (bicyclic) bond motifs is 1. The summed E-state index contributed by atoms with van der Waals surface area (Å²) in [4.78, 5) is 13.3. The molecule has 0 fully saturated rings. The number of hydrogen-bond donors (Lipinski definition) is 2. The van der Waals surface area contributed by atoms with E-state index in [0.29, 0.717) is 59.2 Å². The molecule has 3 N–H and O–H groups in total. The smallest absolute Gasteiger partial charge is 0.226 e. The van der Waals surface area contributed by atoms with Crippen LogP contribution in [-0.4, -0.2) is 35.7 Å². The molecular formula is C24H24FN5O2. The molecule has 0 bridgehead atoms. The number of halogens is 1. The number of aromatic nitrogens is 3. The first kappa shape index (κ1) is 21.3. The fourth-order valence-electron chi connectivity index (χ4n) is 3.60. The minimum atomic E-state index is -0.227. The summed E-state index contributed by atoms with van der Waals surface area (Å²) in [6.45, 7) is 0.469. The second kappa shape index (κ2) is 9.47. The molecule has 4 rings (SSSR count). The zero-order valence-corrected chi connectivity index (χ0v) is 17.9. The molecule has 2 aromatic heterocycles. The topological polar surface area (TPSA) is 95.2 Å². The van der Waals surface area contributed by atoms with Crippen LogP contribution in [0.2, 0.25) is 0 Å². The molecular weight excluding hydrogens is 409 g/mol. The summed E-state index contributed by atoms with van der Waals surface area (Å²) in [5.74, 6) is 1.81. The Labute approximate surface area is 185 Å². The van der Waals surface area contributed by atoms with Gasteiger partial charge in [-0.05, 0) is 53.8 Å². The lowest BCUT2D eigenvalue weighted by Crippen LogP contribution is -2.11. The predicted molar refractivity (Wildman–Crippen MR) is 123 cm³/mol. The number of nitrogens with zero attached hydrogens (tertiary/aromatic N) is 3. The molecule has 0 radical (unpaired) electrons. The van der Waals surface area contributed by atoms with E-state index in [-0.39, 0.29) is 5.82 Å². The summed E-state index contributed by atoms with van der Waals surface area (Å²) < 4.78 is 24.5. The Morgan fingerprint density at radius 3 is 2.56 bits per heavy atom. The van der Waals surface area contributed by atoms with Crippen molar-refractivity contribution in [2.24, 2.45) is 0 Å². The number of nitrogens with one attached hydrogen (secondary N) is 1. The molecule has 0 saturated carbocycles. The molecule has 7 nitrogen and oxygen atoms in total. The van der Waals surface area contributed by atoms with Crippen LogP contribution in [0.25, 0.3) is 11.0 Å². The minimum absolute atomic E-state index is 0.227. The summed E-state index contributed by atoms with van der Waals surface area (Å²) in [6.07, 6.45) is 2.81. The van der Waals surface area contributed by atoms with E-state index in [2.05, 4.69) is 20.3 Å². The zero-order valence-electron chi connectivity index (χ0n) is 17.9. The van der Waals surface area contributed by atoms with Gasteiger partial charge in [0, 0.05) is 12.7 Å². The third-order valence-electron chi connectivity index (χ3n) is 5.19. The normalized spacial score (nSPS) is 10.8. The van der Waals surface area contributed by atoms with E-state index in [1.54, 1.807) is 32.5 Å². The molecule has 164 valence electrons. The van der Waals surface area contributed by atoms with E-state index >= 15 is 0 Å². The monoisotopic (exact) mass is 433 g/mol. The SMILES string of the molecule is COc1ccc(Cc2ccnc3nc(NCCc4ccccc4F)nc(N)c23)cc1OC. The van der Waals surface area contributed by atoms with Crippen molar-refractivity contribution in [3.8, 4) is 11.5 Å². The highest BCUT2D eigenvalue weighted by molar-refractivity contribution is 5.89. The summed E-state index contributed by atoms with van der Waals surface area (Å²) in [6, 6.07) is 14.4. The maximum absolute atomic E-state index is 13.8. The van der Waals surface area contributed by atoms with E-state index in [9.17, 15) is 4.39 Å². The van der Waals surface area contributed by atoms with Gasteiger partial charge in [-0.3, -0.25) is 0 Å². The minimum Gasteiger partial charge on any atom is -0.493 e. The Hall–Kier alpha value is -3.94. The standard InChI is InChI=1S/C24H24FN5O2/c1-31-19-8-7-15(14-20(19)32-2)13-17-10-11-27-23-21(17)22(26)29-24(30-23)28-12-9-16-5-3-4-6-18(16)25/h3-8,10-11,14H,9,12-13H2,1-2H3,(H3,26,27,28,29,30). The number of rotatable bonds is 8. The van der Waals surface area contributed by atoms with Gasteiger partial charge in [0.05, 0.1) is 19.6 Å². The average molecular weight is 433 g/mol. The summed E-state index contributed by atoms with van der Waals surface area (Å²) in [7, 11) is 3.21. The molecule has 0 saturated heterocycles. The van der Waals surface area contributed by atoms with Crippen LogP contribution < -0.4 is 20.5 Å². The van der Waals surface area contributed by atoms with Gasteiger partial charge in [0.1, 0.15) is 11.6 Å².